The second-order valence-electron chi connectivity index (χ2n) is 6.98. The molecule has 0 aliphatic carbocycles. The van der Waals surface area contributed by atoms with E-state index in [1.54, 1.807) is 6.08 Å². The second kappa shape index (κ2) is 11.0. The standard InChI is InChI=1S/C23H19Cl2N5OS2/c1-2-11-30-20(12-15-3-7-17(24)8-4-15)28-29-23(30)33-14-21(31)27-22-26-19(13-32-22)16-5-9-18(25)10-6-16/h2-10,13H,1,11-12,14H2,(H,26,27,31). The van der Waals surface area contributed by atoms with Gasteiger partial charge >= 0.3 is 0 Å². The highest BCUT2D eigenvalue weighted by Gasteiger charge is 2.15. The monoisotopic (exact) mass is 515 g/mol. The minimum absolute atomic E-state index is 0.163. The largest absolute Gasteiger partial charge is 0.302 e. The van der Waals surface area contributed by atoms with E-state index in [2.05, 4.69) is 27.1 Å². The van der Waals surface area contributed by atoms with Crippen LogP contribution in [0, 0.1) is 0 Å². The molecule has 4 rings (SSSR count). The van der Waals surface area contributed by atoms with Gasteiger partial charge in [0.1, 0.15) is 5.82 Å². The van der Waals surface area contributed by atoms with E-state index in [4.69, 9.17) is 23.2 Å². The van der Waals surface area contributed by atoms with Crippen LogP contribution in [0.5, 0.6) is 0 Å². The maximum absolute atomic E-state index is 12.5. The molecule has 0 saturated carbocycles. The van der Waals surface area contributed by atoms with E-state index in [-0.39, 0.29) is 11.7 Å². The zero-order valence-electron chi connectivity index (χ0n) is 17.4. The number of benzene rings is 2. The zero-order chi connectivity index (χ0) is 23.2. The lowest BCUT2D eigenvalue weighted by molar-refractivity contribution is -0.113. The molecule has 0 spiro atoms. The summed E-state index contributed by atoms with van der Waals surface area (Å²) in [5.74, 6) is 0.823. The number of halogens is 2. The number of nitrogens with zero attached hydrogens (tertiary/aromatic N) is 4. The molecule has 6 nitrogen and oxygen atoms in total. The molecule has 0 bridgehead atoms. The molecule has 1 N–H and O–H groups in total. The van der Waals surface area contributed by atoms with Crippen LogP contribution in [0.2, 0.25) is 10.0 Å². The Balaban J connectivity index is 1.38. The molecule has 2 aromatic carbocycles. The molecule has 0 unspecified atom stereocenters. The molecule has 0 aliphatic rings. The van der Waals surface area contributed by atoms with Crippen molar-refractivity contribution in [3.8, 4) is 11.3 Å². The van der Waals surface area contributed by atoms with Crippen LogP contribution in [0.4, 0.5) is 5.13 Å². The summed E-state index contributed by atoms with van der Waals surface area (Å²) >= 11 is 14.6. The number of anilines is 1. The number of rotatable bonds is 9. The summed E-state index contributed by atoms with van der Waals surface area (Å²) in [5.41, 5.74) is 2.81. The summed E-state index contributed by atoms with van der Waals surface area (Å²) < 4.78 is 1.96. The van der Waals surface area contributed by atoms with Gasteiger partial charge in [0.05, 0.1) is 11.4 Å². The van der Waals surface area contributed by atoms with E-state index in [1.807, 2.05) is 58.5 Å². The Bertz CT molecular complexity index is 1250. The van der Waals surface area contributed by atoms with Gasteiger partial charge in [0.25, 0.3) is 0 Å². The van der Waals surface area contributed by atoms with Crippen molar-refractivity contribution >= 4 is 57.3 Å². The number of thioether (sulfide) groups is 1. The van der Waals surface area contributed by atoms with Gasteiger partial charge in [-0.05, 0) is 29.8 Å². The summed E-state index contributed by atoms with van der Waals surface area (Å²) in [5, 5.41) is 15.9. The predicted molar refractivity (Wildman–Crippen MR) is 136 cm³/mol. The number of thiazole rings is 1. The fraction of sp³-hybridized carbons (Fsp3) is 0.130. The van der Waals surface area contributed by atoms with E-state index in [1.165, 1.54) is 23.1 Å². The fourth-order valence-corrected chi connectivity index (χ4v) is 4.78. The summed E-state index contributed by atoms with van der Waals surface area (Å²) in [6.45, 7) is 4.38. The van der Waals surface area contributed by atoms with Crippen LogP contribution in [-0.2, 0) is 17.8 Å². The molecule has 10 heteroatoms. The van der Waals surface area contributed by atoms with Crippen molar-refractivity contribution in [3.63, 3.8) is 0 Å². The molecule has 0 atom stereocenters. The highest BCUT2D eigenvalue weighted by molar-refractivity contribution is 7.99. The minimum atomic E-state index is -0.163. The van der Waals surface area contributed by atoms with Crippen LogP contribution < -0.4 is 5.32 Å². The molecular formula is C23H19Cl2N5OS2. The Kier molecular flexibility index (Phi) is 7.82. The highest BCUT2D eigenvalue weighted by Crippen LogP contribution is 2.26. The summed E-state index contributed by atoms with van der Waals surface area (Å²) in [6, 6.07) is 15.0. The van der Waals surface area contributed by atoms with Crippen molar-refractivity contribution in [3.05, 3.63) is 88.0 Å². The molecule has 0 fully saturated rings. The molecule has 2 heterocycles. The van der Waals surface area contributed by atoms with Crippen molar-refractivity contribution in [2.75, 3.05) is 11.1 Å². The summed E-state index contributed by atoms with van der Waals surface area (Å²) in [7, 11) is 0. The van der Waals surface area contributed by atoms with Crippen molar-refractivity contribution < 1.29 is 4.79 Å². The Morgan fingerprint density at radius 2 is 1.79 bits per heavy atom. The van der Waals surface area contributed by atoms with Gasteiger partial charge in [-0.15, -0.1) is 28.1 Å². The first-order valence-corrected chi connectivity index (χ1v) is 12.6. The number of carbonyl (C=O) groups is 1. The smallest absolute Gasteiger partial charge is 0.236 e. The Morgan fingerprint density at radius 3 is 2.48 bits per heavy atom. The first-order chi connectivity index (χ1) is 16.0. The molecule has 1 amide bonds. The molecule has 4 aromatic rings. The number of hydrogen-bond donors (Lipinski definition) is 1. The second-order valence-corrected chi connectivity index (χ2v) is 9.66. The van der Waals surface area contributed by atoms with Gasteiger partial charge in [-0.1, -0.05) is 65.3 Å². The summed E-state index contributed by atoms with van der Waals surface area (Å²) in [6.07, 6.45) is 2.39. The number of amides is 1. The highest BCUT2D eigenvalue weighted by atomic mass is 35.5. The molecule has 0 saturated heterocycles. The van der Waals surface area contributed by atoms with E-state index in [0.717, 1.165) is 22.6 Å². The van der Waals surface area contributed by atoms with E-state index >= 15 is 0 Å². The van der Waals surface area contributed by atoms with E-state index in [0.29, 0.717) is 33.3 Å². The van der Waals surface area contributed by atoms with Crippen molar-refractivity contribution in [1.29, 1.82) is 0 Å². The third kappa shape index (κ3) is 6.23. The molecule has 168 valence electrons. The van der Waals surface area contributed by atoms with Gasteiger partial charge in [0, 0.05) is 34.0 Å². The van der Waals surface area contributed by atoms with Crippen molar-refractivity contribution in [2.24, 2.45) is 0 Å². The maximum atomic E-state index is 12.5. The topological polar surface area (TPSA) is 72.7 Å². The first-order valence-electron chi connectivity index (χ1n) is 9.93. The third-order valence-corrected chi connectivity index (χ3v) is 6.83. The number of hydrogen-bond acceptors (Lipinski definition) is 6. The van der Waals surface area contributed by atoms with E-state index in [9.17, 15) is 4.79 Å². The molecule has 0 radical (unpaired) electrons. The van der Waals surface area contributed by atoms with Crippen LogP contribution in [-0.4, -0.2) is 31.4 Å². The lowest BCUT2D eigenvalue weighted by Crippen LogP contribution is -2.14. The van der Waals surface area contributed by atoms with Gasteiger partial charge in [-0.3, -0.25) is 4.79 Å². The van der Waals surface area contributed by atoms with Crippen LogP contribution >= 0.6 is 46.3 Å². The van der Waals surface area contributed by atoms with E-state index < -0.39 is 0 Å². The number of aromatic nitrogens is 4. The average molecular weight is 516 g/mol. The number of allylic oxidation sites excluding steroid dienone is 1. The van der Waals surface area contributed by atoms with Crippen LogP contribution in [0.3, 0.4) is 0 Å². The predicted octanol–water partition coefficient (Wildman–Crippen LogP) is 6.22. The summed E-state index contributed by atoms with van der Waals surface area (Å²) in [4.78, 5) is 17.0. The van der Waals surface area contributed by atoms with Crippen LogP contribution in [0.25, 0.3) is 11.3 Å². The number of nitrogens with one attached hydrogen (secondary N) is 1. The maximum Gasteiger partial charge on any atom is 0.236 e. The SMILES string of the molecule is C=CCn1c(Cc2ccc(Cl)cc2)nnc1SCC(=O)Nc1nc(-c2ccc(Cl)cc2)cs1. The molecular weight excluding hydrogens is 497 g/mol. The lowest BCUT2D eigenvalue weighted by Gasteiger charge is -2.08. The number of carbonyl (C=O) groups excluding carboxylic acids is 1. The van der Waals surface area contributed by atoms with Crippen molar-refractivity contribution in [1.82, 2.24) is 19.7 Å². The quantitative estimate of drug-likeness (QED) is 0.211. The molecule has 2 aromatic heterocycles. The van der Waals surface area contributed by atoms with Gasteiger partial charge in [0.15, 0.2) is 10.3 Å². The van der Waals surface area contributed by atoms with Crippen molar-refractivity contribution in [2.45, 2.75) is 18.1 Å². The average Bonchev–Trinajstić information content (AvgIpc) is 3.42. The Labute approximate surface area is 209 Å². The Hall–Kier alpha value is -2.65. The van der Waals surface area contributed by atoms with Gasteiger partial charge in [0.2, 0.25) is 5.91 Å². The van der Waals surface area contributed by atoms with Gasteiger partial charge in [-0.2, -0.15) is 0 Å². The molecule has 0 aliphatic heterocycles. The minimum Gasteiger partial charge on any atom is -0.302 e. The van der Waals surface area contributed by atoms with Gasteiger partial charge < -0.3 is 9.88 Å². The lowest BCUT2D eigenvalue weighted by atomic mass is 10.1. The van der Waals surface area contributed by atoms with Crippen LogP contribution in [0.1, 0.15) is 11.4 Å². The Morgan fingerprint density at radius 1 is 1.09 bits per heavy atom. The zero-order valence-corrected chi connectivity index (χ0v) is 20.5. The van der Waals surface area contributed by atoms with Crippen LogP contribution in [0.15, 0.2) is 71.7 Å². The third-order valence-electron chi connectivity index (χ3n) is 4.60. The normalized spacial score (nSPS) is 10.8. The fourth-order valence-electron chi connectivity index (χ4n) is 3.02. The first kappa shape index (κ1) is 23.5. The molecule has 33 heavy (non-hydrogen) atoms. The van der Waals surface area contributed by atoms with Gasteiger partial charge in [-0.25, -0.2) is 4.98 Å².